The molecule has 0 aliphatic carbocycles. The van der Waals surface area contributed by atoms with Gasteiger partial charge in [-0.3, -0.25) is 24.7 Å². The number of amides is 1. The smallest absolute Gasteiger partial charge is 0.257 e. The summed E-state index contributed by atoms with van der Waals surface area (Å²) >= 11 is 1.01. The van der Waals surface area contributed by atoms with Crippen molar-refractivity contribution in [3.8, 4) is 11.5 Å². The van der Waals surface area contributed by atoms with E-state index in [2.05, 4.69) is 20.3 Å². The summed E-state index contributed by atoms with van der Waals surface area (Å²) in [5.41, 5.74) is 0.350. The second-order valence-electron chi connectivity index (χ2n) is 5.61. The molecule has 4 heterocycles. The van der Waals surface area contributed by atoms with Crippen molar-refractivity contribution in [2.75, 3.05) is 5.32 Å². The highest BCUT2D eigenvalue weighted by atomic mass is 32.1. The molecule has 0 unspecified atom stereocenters. The average molecular weight is 392 g/mol. The van der Waals surface area contributed by atoms with E-state index in [9.17, 15) is 14.4 Å². The molecule has 2 N–H and O–H groups in total. The molecule has 0 aliphatic heterocycles. The standard InChI is InChI=1S/C19H12N4O4S/c24-14-10-11(6-8-21-14)18(26)23-19-22-15(13-5-3-9-27-13)17(28-19)16(25)12-4-1-2-7-20-12/h1-10H,(H,21,24)(H,22,23,26). The van der Waals surface area contributed by atoms with Crippen LogP contribution in [0.1, 0.15) is 25.7 Å². The van der Waals surface area contributed by atoms with Gasteiger partial charge in [-0.25, -0.2) is 4.98 Å². The first kappa shape index (κ1) is 17.6. The van der Waals surface area contributed by atoms with Gasteiger partial charge in [-0.1, -0.05) is 17.4 Å². The van der Waals surface area contributed by atoms with Crippen molar-refractivity contribution in [2.45, 2.75) is 0 Å². The summed E-state index contributed by atoms with van der Waals surface area (Å²) < 4.78 is 5.38. The topological polar surface area (TPSA) is 118 Å². The largest absolute Gasteiger partial charge is 0.463 e. The number of furan rings is 1. The lowest BCUT2D eigenvalue weighted by molar-refractivity contribution is 0.102. The Morgan fingerprint density at radius 2 is 2.04 bits per heavy atom. The van der Waals surface area contributed by atoms with Crippen molar-refractivity contribution in [1.82, 2.24) is 15.0 Å². The van der Waals surface area contributed by atoms with Crippen LogP contribution < -0.4 is 10.9 Å². The summed E-state index contributed by atoms with van der Waals surface area (Å²) in [5.74, 6) is -0.448. The van der Waals surface area contributed by atoms with Gasteiger partial charge in [0.15, 0.2) is 10.9 Å². The number of aromatic nitrogens is 3. The molecule has 4 rings (SSSR count). The average Bonchev–Trinajstić information content (AvgIpc) is 3.38. The Balaban J connectivity index is 1.71. The number of anilines is 1. The highest BCUT2D eigenvalue weighted by Gasteiger charge is 2.24. The van der Waals surface area contributed by atoms with Gasteiger partial charge in [-0.15, -0.1) is 0 Å². The van der Waals surface area contributed by atoms with E-state index in [0.29, 0.717) is 11.5 Å². The lowest BCUT2D eigenvalue weighted by Gasteiger charge is -2.00. The zero-order chi connectivity index (χ0) is 19.5. The zero-order valence-corrected chi connectivity index (χ0v) is 15.0. The number of rotatable bonds is 5. The first-order chi connectivity index (χ1) is 13.6. The number of ketones is 1. The molecule has 0 aliphatic rings. The third kappa shape index (κ3) is 3.51. The van der Waals surface area contributed by atoms with Crippen molar-refractivity contribution < 1.29 is 14.0 Å². The Bertz CT molecular complexity index is 1200. The van der Waals surface area contributed by atoms with Crippen LogP contribution in [0.4, 0.5) is 5.13 Å². The van der Waals surface area contributed by atoms with Gasteiger partial charge in [-0.05, 0) is 30.3 Å². The fraction of sp³-hybridized carbons (Fsp3) is 0. The highest BCUT2D eigenvalue weighted by molar-refractivity contribution is 7.18. The van der Waals surface area contributed by atoms with Gasteiger partial charge in [0, 0.05) is 24.0 Å². The molecule has 0 atom stereocenters. The van der Waals surface area contributed by atoms with Crippen LogP contribution >= 0.6 is 11.3 Å². The van der Waals surface area contributed by atoms with Gasteiger partial charge < -0.3 is 9.40 Å². The maximum atomic E-state index is 12.9. The minimum absolute atomic E-state index is 0.177. The van der Waals surface area contributed by atoms with Gasteiger partial charge >= 0.3 is 0 Å². The number of nitrogens with one attached hydrogen (secondary N) is 2. The van der Waals surface area contributed by atoms with Crippen molar-refractivity contribution >= 4 is 28.2 Å². The van der Waals surface area contributed by atoms with Crippen molar-refractivity contribution in [3.05, 3.63) is 87.6 Å². The van der Waals surface area contributed by atoms with Gasteiger partial charge in [0.1, 0.15) is 16.3 Å². The van der Waals surface area contributed by atoms with Crippen molar-refractivity contribution in [1.29, 1.82) is 0 Å². The molecule has 0 aromatic carbocycles. The predicted octanol–water partition coefficient (Wildman–Crippen LogP) is 2.97. The Morgan fingerprint density at radius 1 is 1.14 bits per heavy atom. The number of carbonyl (C=O) groups is 2. The molecule has 0 spiro atoms. The fourth-order valence-electron chi connectivity index (χ4n) is 2.48. The van der Waals surface area contributed by atoms with E-state index in [-0.39, 0.29) is 27.0 Å². The molecule has 1 amide bonds. The number of carbonyl (C=O) groups excluding carboxylic acids is 2. The van der Waals surface area contributed by atoms with E-state index in [0.717, 1.165) is 11.3 Å². The summed E-state index contributed by atoms with van der Waals surface area (Å²) in [6, 6.07) is 11.0. The van der Waals surface area contributed by atoms with E-state index in [4.69, 9.17) is 4.42 Å². The van der Waals surface area contributed by atoms with E-state index < -0.39 is 11.5 Å². The predicted molar refractivity (Wildman–Crippen MR) is 103 cm³/mol. The van der Waals surface area contributed by atoms with Gasteiger partial charge in [-0.2, -0.15) is 0 Å². The quantitative estimate of drug-likeness (QED) is 0.504. The minimum atomic E-state index is -0.511. The summed E-state index contributed by atoms with van der Waals surface area (Å²) in [5, 5.41) is 2.82. The maximum absolute atomic E-state index is 12.9. The Morgan fingerprint density at radius 3 is 2.75 bits per heavy atom. The molecule has 0 saturated heterocycles. The SMILES string of the molecule is O=C(Nc1nc(-c2ccco2)c(C(=O)c2ccccn2)s1)c1cc[nH]c(=O)c1. The molecule has 9 heteroatoms. The Labute approximate surface area is 161 Å². The molecule has 0 bridgehead atoms. The van der Waals surface area contributed by atoms with Crippen LogP contribution in [-0.2, 0) is 0 Å². The molecule has 4 aromatic heterocycles. The molecule has 0 radical (unpaired) electrons. The van der Waals surface area contributed by atoms with Crippen LogP contribution in [0.3, 0.4) is 0 Å². The Kier molecular flexibility index (Phi) is 4.65. The second-order valence-corrected chi connectivity index (χ2v) is 6.61. The van der Waals surface area contributed by atoms with E-state index in [1.807, 2.05) is 0 Å². The molecule has 0 saturated carbocycles. The number of hydrogen-bond acceptors (Lipinski definition) is 7. The van der Waals surface area contributed by atoms with Crippen LogP contribution in [0.2, 0.25) is 0 Å². The number of H-pyrrole nitrogens is 1. The van der Waals surface area contributed by atoms with E-state index in [1.165, 1.54) is 30.8 Å². The normalized spacial score (nSPS) is 10.6. The van der Waals surface area contributed by atoms with Crippen LogP contribution in [0.25, 0.3) is 11.5 Å². The van der Waals surface area contributed by atoms with Crippen molar-refractivity contribution in [2.24, 2.45) is 0 Å². The van der Waals surface area contributed by atoms with Crippen molar-refractivity contribution in [3.63, 3.8) is 0 Å². The van der Waals surface area contributed by atoms with Crippen LogP contribution in [0.5, 0.6) is 0 Å². The minimum Gasteiger partial charge on any atom is -0.463 e. The summed E-state index contributed by atoms with van der Waals surface area (Å²) in [6.45, 7) is 0. The number of nitrogens with zero attached hydrogens (tertiary/aromatic N) is 2. The second kappa shape index (κ2) is 7.41. The van der Waals surface area contributed by atoms with Gasteiger partial charge in [0.2, 0.25) is 11.3 Å². The molecule has 0 fully saturated rings. The third-order valence-electron chi connectivity index (χ3n) is 3.74. The number of hydrogen-bond donors (Lipinski definition) is 2. The first-order valence-corrected chi connectivity index (χ1v) is 8.94. The molecular weight excluding hydrogens is 380 g/mol. The van der Waals surface area contributed by atoms with Gasteiger partial charge in [0.05, 0.1) is 6.26 Å². The monoisotopic (exact) mass is 392 g/mol. The molecule has 28 heavy (non-hydrogen) atoms. The van der Waals surface area contributed by atoms with Crippen LogP contribution in [-0.4, -0.2) is 26.6 Å². The molecule has 138 valence electrons. The lowest BCUT2D eigenvalue weighted by atomic mass is 10.1. The first-order valence-electron chi connectivity index (χ1n) is 8.12. The summed E-state index contributed by atoms with van der Waals surface area (Å²) in [7, 11) is 0. The molecular formula is C19H12N4O4S. The maximum Gasteiger partial charge on any atom is 0.257 e. The zero-order valence-electron chi connectivity index (χ0n) is 14.2. The lowest BCUT2D eigenvalue weighted by Crippen LogP contribution is -2.15. The van der Waals surface area contributed by atoms with E-state index in [1.54, 1.807) is 30.3 Å². The fourth-order valence-corrected chi connectivity index (χ4v) is 3.39. The summed E-state index contributed by atoms with van der Waals surface area (Å²) in [4.78, 5) is 47.8. The van der Waals surface area contributed by atoms with E-state index >= 15 is 0 Å². The highest BCUT2D eigenvalue weighted by Crippen LogP contribution is 2.33. The van der Waals surface area contributed by atoms with Crippen LogP contribution in [0, 0.1) is 0 Å². The van der Waals surface area contributed by atoms with Gasteiger partial charge in [0.25, 0.3) is 5.91 Å². The number of aromatic amines is 1. The molecule has 4 aromatic rings. The third-order valence-corrected chi connectivity index (χ3v) is 4.71. The number of pyridine rings is 2. The Hall–Kier alpha value is -3.85. The summed E-state index contributed by atoms with van der Waals surface area (Å²) in [6.07, 6.45) is 4.37. The van der Waals surface area contributed by atoms with Crippen LogP contribution in [0.15, 0.2) is 70.3 Å². The molecule has 8 nitrogen and oxygen atoms in total. The number of thiazole rings is 1.